The predicted octanol–water partition coefficient (Wildman–Crippen LogP) is 6.49. The van der Waals surface area contributed by atoms with E-state index in [-0.39, 0.29) is 0 Å². The van der Waals surface area contributed by atoms with E-state index in [4.69, 9.17) is 0 Å². The maximum Gasteiger partial charge on any atom is 0.320 e. The molecule has 0 saturated heterocycles. The number of carboxylic acids is 1. The summed E-state index contributed by atoms with van der Waals surface area (Å²) in [7, 11) is 0. The minimum absolute atomic E-state index is 0.552. The first-order valence-electron chi connectivity index (χ1n) is 10.9. The lowest BCUT2D eigenvalue weighted by molar-refractivity contribution is -0.142. The number of aliphatic carboxylic acids is 1. The zero-order chi connectivity index (χ0) is 22.3. The van der Waals surface area contributed by atoms with E-state index in [9.17, 15) is 9.90 Å². The van der Waals surface area contributed by atoms with Gasteiger partial charge in [0.25, 0.3) is 0 Å². The van der Waals surface area contributed by atoms with Crippen molar-refractivity contribution in [1.82, 2.24) is 4.90 Å². The van der Waals surface area contributed by atoms with Crippen LogP contribution < -0.4 is 0 Å². The third kappa shape index (κ3) is 4.96. The highest BCUT2D eigenvalue weighted by atomic mass is 16.4. The fraction of sp³-hybridized carbons (Fsp3) is 0.138. The van der Waals surface area contributed by atoms with E-state index in [2.05, 4.69) is 60.7 Å². The number of carbonyl (C=O) groups is 1. The van der Waals surface area contributed by atoms with Crippen molar-refractivity contribution in [2.45, 2.75) is 13.0 Å². The number of rotatable bonds is 8. The zero-order valence-electron chi connectivity index (χ0n) is 18.2. The van der Waals surface area contributed by atoms with Gasteiger partial charge in [0.15, 0.2) is 0 Å². The summed E-state index contributed by atoms with van der Waals surface area (Å²) in [5, 5.41) is 14.4. The standard InChI is InChI=1S/C29H27NO2/c1-22(29(31)32)30(20-8-16-25-14-6-12-23-10-2-4-18-27(23)25)21-9-17-26-15-7-13-24-11-3-5-19-28(24)26/h2-19,22H,20-21H2,1H3,(H,31,32)/b16-8+,17-9+/t22-/m0/s1. The molecular weight excluding hydrogens is 394 g/mol. The Balaban J connectivity index is 1.50. The molecule has 4 rings (SSSR count). The van der Waals surface area contributed by atoms with Gasteiger partial charge in [-0.1, -0.05) is 109 Å². The number of carboxylic acid groups (broad SMARTS) is 1. The Hall–Kier alpha value is -3.69. The summed E-state index contributed by atoms with van der Waals surface area (Å²) in [4.78, 5) is 13.6. The van der Waals surface area contributed by atoms with Gasteiger partial charge in [-0.15, -0.1) is 0 Å². The van der Waals surface area contributed by atoms with Crippen LogP contribution in [0.25, 0.3) is 33.7 Å². The highest BCUT2D eigenvalue weighted by molar-refractivity contribution is 5.91. The molecule has 0 spiro atoms. The van der Waals surface area contributed by atoms with Crippen LogP contribution in [-0.4, -0.2) is 35.1 Å². The van der Waals surface area contributed by atoms with Crippen LogP contribution in [0.2, 0.25) is 0 Å². The third-order valence-corrected chi connectivity index (χ3v) is 5.83. The van der Waals surface area contributed by atoms with E-state index < -0.39 is 12.0 Å². The normalized spacial score (nSPS) is 12.9. The van der Waals surface area contributed by atoms with Crippen LogP contribution in [0.5, 0.6) is 0 Å². The number of fused-ring (bicyclic) bond motifs is 2. The summed E-state index contributed by atoms with van der Waals surface area (Å²) in [6.07, 6.45) is 8.26. The van der Waals surface area contributed by atoms with Crippen LogP contribution in [0.1, 0.15) is 18.1 Å². The van der Waals surface area contributed by atoms with Crippen molar-refractivity contribution in [3.63, 3.8) is 0 Å². The van der Waals surface area contributed by atoms with Crippen molar-refractivity contribution in [1.29, 1.82) is 0 Å². The zero-order valence-corrected chi connectivity index (χ0v) is 18.2. The van der Waals surface area contributed by atoms with Crippen molar-refractivity contribution >= 4 is 39.7 Å². The maximum absolute atomic E-state index is 11.7. The lowest BCUT2D eigenvalue weighted by Gasteiger charge is -2.23. The Kier molecular flexibility index (Phi) is 6.78. The van der Waals surface area contributed by atoms with Crippen molar-refractivity contribution in [2.75, 3.05) is 13.1 Å². The molecule has 0 aliphatic rings. The summed E-state index contributed by atoms with van der Waals surface area (Å²) < 4.78 is 0. The SMILES string of the molecule is C[C@@H](C(=O)O)N(C/C=C/c1cccc2ccccc12)C/C=C/c1cccc2ccccc12. The van der Waals surface area contributed by atoms with Crippen molar-refractivity contribution in [2.24, 2.45) is 0 Å². The number of hydrogen-bond donors (Lipinski definition) is 1. The maximum atomic E-state index is 11.7. The lowest BCUT2D eigenvalue weighted by Crippen LogP contribution is -2.39. The predicted molar refractivity (Wildman–Crippen MR) is 135 cm³/mol. The monoisotopic (exact) mass is 421 g/mol. The van der Waals surface area contributed by atoms with Crippen LogP contribution in [0, 0.1) is 0 Å². The van der Waals surface area contributed by atoms with E-state index in [0.717, 1.165) is 11.1 Å². The van der Waals surface area contributed by atoms with Crippen LogP contribution in [0.15, 0.2) is 97.1 Å². The fourth-order valence-corrected chi connectivity index (χ4v) is 3.97. The summed E-state index contributed by atoms with van der Waals surface area (Å²) in [6, 6.07) is 28.5. The Morgan fingerprint density at radius 1 is 0.750 bits per heavy atom. The molecule has 3 heteroatoms. The first-order chi connectivity index (χ1) is 15.6. The second kappa shape index (κ2) is 10.1. The molecule has 4 aromatic rings. The van der Waals surface area contributed by atoms with Gasteiger partial charge in [-0.05, 0) is 39.6 Å². The second-order valence-corrected chi connectivity index (χ2v) is 7.91. The fourth-order valence-electron chi connectivity index (χ4n) is 3.97. The molecular formula is C29H27NO2. The Morgan fingerprint density at radius 2 is 1.19 bits per heavy atom. The van der Waals surface area contributed by atoms with Gasteiger partial charge in [-0.3, -0.25) is 9.69 Å². The van der Waals surface area contributed by atoms with Crippen molar-refractivity contribution < 1.29 is 9.90 Å². The molecule has 0 saturated carbocycles. The third-order valence-electron chi connectivity index (χ3n) is 5.83. The number of nitrogens with zero attached hydrogens (tertiary/aromatic N) is 1. The Morgan fingerprint density at radius 3 is 1.66 bits per heavy atom. The molecule has 0 radical (unpaired) electrons. The molecule has 0 heterocycles. The van der Waals surface area contributed by atoms with E-state index in [0.29, 0.717) is 13.1 Å². The molecule has 0 amide bonds. The quantitative estimate of drug-likeness (QED) is 0.353. The van der Waals surface area contributed by atoms with E-state index in [1.54, 1.807) is 6.92 Å². The lowest BCUT2D eigenvalue weighted by atomic mass is 10.0. The minimum atomic E-state index is -0.817. The van der Waals surface area contributed by atoms with Gasteiger partial charge in [-0.25, -0.2) is 0 Å². The smallest absolute Gasteiger partial charge is 0.320 e. The summed E-state index contributed by atoms with van der Waals surface area (Å²) >= 11 is 0. The number of hydrogen-bond acceptors (Lipinski definition) is 2. The molecule has 4 aromatic carbocycles. The summed E-state index contributed by atoms with van der Waals surface area (Å²) in [5.41, 5.74) is 2.27. The molecule has 0 unspecified atom stereocenters. The van der Waals surface area contributed by atoms with Crippen LogP contribution in [0.3, 0.4) is 0 Å². The minimum Gasteiger partial charge on any atom is -0.480 e. The van der Waals surface area contributed by atoms with E-state index in [1.807, 2.05) is 53.5 Å². The van der Waals surface area contributed by atoms with Gasteiger partial charge >= 0.3 is 5.97 Å². The van der Waals surface area contributed by atoms with Gasteiger partial charge < -0.3 is 5.11 Å². The molecule has 0 aliphatic heterocycles. The van der Waals surface area contributed by atoms with Crippen LogP contribution in [-0.2, 0) is 4.79 Å². The first-order valence-corrected chi connectivity index (χ1v) is 10.9. The molecule has 160 valence electrons. The second-order valence-electron chi connectivity index (χ2n) is 7.91. The average molecular weight is 422 g/mol. The van der Waals surface area contributed by atoms with Crippen molar-refractivity contribution in [3.05, 3.63) is 108 Å². The van der Waals surface area contributed by atoms with E-state index in [1.165, 1.54) is 21.5 Å². The molecule has 3 nitrogen and oxygen atoms in total. The summed E-state index contributed by atoms with van der Waals surface area (Å²) in [6.45, 7) is 2.84. The van der Waals surface area contributed by atoms with Gasteiger partial charge in [-0.2, -0.15) is 0 Å². The molecule has 32 heavy (non-hydrogen) atoms. The van der Waals surface area contributed by atoms with Gasteiger partial charge in [0.05, 0.1) is 0 Å². The van der Waals surface area contributed by atoms with Crippen LogP contribution in [0.4, 0.5) is 0 Å². The topological polar surface area (TPSA) is 40.5 Å². The average Bonchev–Trinajstić information content (AvgIpc) is 2.83. The molecule has 0 fully saturated rings. The molecule has 0 bridgehead atoms. The molecule has 1 atom stereocenters. The number of benzene rings is 4. The molecule has 0 aromatic heterocycles. The van der Waals surface area contributed by atoms with Crippen molar-refractivity contribution in [3.8, 4) is 0 Å². The Labute approximate surface area is 188 Å². The van der Waals surface area contributed by atoms with Gasteiger partial charge in [0, 0.05) is 13.1 Å². The Bertz CT molecular complexity index is 1190. The molecule has 0 aliphatic carbocycles. The van der Waals surface area contributed by atoms with Gasteiger partial charge in [0.1, 0.15) is 6.04 Å². The van der Waals surface area contributed by atoms with Crippen LogP contribution >= 0.6 is 0 Å². The highest BCUT2D eigenvalue weighted by Crippen LogP contribution is 2.21. The van der Waals surface area contributed by atoms with E-state index >= 15 is 0 Å². The first kappa shape index (κ1) is 21.5. The summed E-state index contributed by atoms with van der Waals surface area (Å²) in [5.74, 6) is -0.817. The largest absolute Gasteiger partial charge is 0.480 e. The molecule has 1 N–H and O–H groups in total. The highest BCUT2D eigenvalue weighted by Gasteiger charge is 2.18. The van der Waals surface area contributed by atoms with Gasteiger partial charge in [0.2, 0.25) is 0 Å².